The van der Waals surface area contributed by atoms with Crippen molar-refractivity contribution in [3.8, 4) is 0 Å². The number of halogens is 2. The largest absolute Gasteiger partial charge is 0.296 e. The summed E-state index contributed by atoms with van der Waals surface area (Å²) >= 11 is 6.84. The van der Waals surface area contributed by atoms with Crippen molar-refractivity contribution in [2.45, 2.75) is 13.1 Å². The van der Waals surface area contributed by atoms with Crippen LogP contribution < -0.4 is 0 Å². The molecule has 18 heavy (non-hydrogen) atoms. The van der Waals surface area contributed by atoms with E-state index < -0.39 is 0 Å². The van der Waals surface area contributed by atoms with Crippen molar-refractivity contribution in [2.24, 2.45) is 0 Å². The van der Waals surface area contributed by atoms with Gasteiger partial charge in [-0.05, 0) is 52.8 Å². The third-order valence-electron chi connectivity index (χ3n) is 2.59. The Morgan fingerprint density at radius 1 is 0.944 bits per heavy atom. The molecule has 94 valence electrons. The summed E-state index contributed by atoms with van der Waals surface area (Å²) in [4.78, 5) is 6.63. The summed E-state index contributed by atoms with van der Waals surface area (Å²) in [6.45, 7) is 1.77. The van der Waals surface area contributed by atoms with Gasteiger partial charge in [-0.25, -0.2) is 0 Å². The van der Waals surface area contributed by atoms with Crippen molar-refractivity contribution >= 4 is 31.9 Å². The van der Waals surface area contributed by atoms with Crippen LogP contribution in [0.4, 0.5) is 0 Å². The molecule has 0 aliphatic carbocycles. The molecule has 0 aliphatic rings. The maximum Gasteiger partial charge on any atom is 0.0544 e. The van der Waals surface area contributed by atoms with Crippen LogP contribution in [-0.2, 0) is 13.1 Å². The lowest BCUT2D eigenvalue weighted by atomic mass is 10.2. The monoisotopic (exact) mass is 368 g/mol. The van der Waals surface area contributed by atoms with E-state index >= 15 is 0 Å². The van der Waals surface area contributed by atoms with Crippen molar-refractivity contribution in [3.63, 3.8) is 0 Å². The molecule has 2 nitrogen and oxygen atoms in total. The lowest BCUT2D eigenvalue weighted by Gasteiger charge is -2.16. The van der Waals surface area contributed by atoms with Crippen LogP contribution in [0.5, 0.6) is 0 Å². The van der Waals surface area contributed by atoms with Gasteiger partial charge in [-0.3, -0.25) is 9.88 Å². The Kier molecular flexibility index (Phi) is 4.92. The molecule has 0 saturated heterocycles. The summed E-state index contributed by atoms with van der Waals surface area (Å²) < 4.78 is 2.13. The van der Waals surface area contributed by atoms with Gasteiger partial charge in [0, 0.05) is 28.2 Å². The van der Waals surface area contributed by atoms with E-state index in [0.29, 0.717) is 0 Å². The van der Waals surface area contributed by atoms with E-state index in [-0.39, 0.29) is 0 Å². The Labute approximate surface area is 124 Å². The lowest BCUT2D eigenvalue weighted by molar-refractivity contribution is 0.315. The van der Waals surface area contributed by atoms with Gasteiger partial charge in [0.25, 0.3) is 0 Å². The molecule has 1 heterocycles. The third-order valence-corrected chi connectivity index (χ3v) is 3.58. The summed E-state index contributed by atoms with van der Waals surface area (Å²) in [7, 11) is 2.10. The normalized spacial score (nSPS) is 10.9. The Balaban J connectivity index is 1.94. The zero-order valence-corrected chi connectivity index (χ0v) is 13.3. The van der Waals surface area contributed by atoms with Gasteiger partial charge in [0.15, 0.2) is 0 Å². The van der Waals surface area contributed by atoms with Crippen LogP contribution in [0.15, 0.2) is 51.5 Å². The molecule has 0 saturated carbocycles. The molecule has 0 unspecified atom stereocenters. The molecule has 0 bridgehead atoms. The molecule has 0 amide bonds. The number of hydrogen-bond acceptors (Lipinski definition) is 2. The molecule has 2 aromatic rings. The van der Waals surface area contributed by atoms with Gasteiger partial charge in [-0.1, -0.05) is 28.1 Å². The summed E-state index contributed by atoms with van der Waals surface area (Å²) in [5.41, 5.74) is 2.38. The van der Waals surface area contributed by atoms with Gasteiger partial charge in [0.2, 0.25) is 0 Å². The Morgan fingerprint density at radius 3 is 2.22 bits per heavy atom. The molecule has 2 rings (SSSR count). The smallest absolute Gasteiger partial charge is 0.0544 e. The molecule has 0 fully saturated rings. The van der Waals surface area contributed by atoms with E-state index in [9.17, 15) is 0 Å². The first-order valence-electron chi connectivity index (χ1n) is 5.67. The SMILES string of the molecule is CN(Cc1ccc(Br)cc1)Cc1ccc(Br)cn1. The summed E-state index contributed by atoms with van der Waals surface area (Å²) in [5, 5.41) is 0. The first kappa shape index (κ1) is 13.7. The number of pyridine rings is 1. The van der Waals surface area contributed by atoms with Gasteiger partial charge in [-0.15, -0.1) is 0 Å². The van der Waals surface area contributed by atoms with Gasteiger partial charge < -0.3 is 0 Å². The quantitative estimate of drug-likeness (QED) is 0.801. The second-order valence-electron chi connectivity index (χ2n) is 4.27. The summed E-state index contributed by atoms with van der Waals surface area (Å²) in [6, 6.07) is 12.5. The van der Waals surface area contributed by atoms with Crippen molar-refractivity contribution in [3.05, 3.63) is 62.8 Å². The molecule has 0 N–H and O–H groups in total. The van der Waals surface area contributed by atoms with E-state index in [0.717, 1.165) is 27.7 Å². The van der Waals surface area contributed by atoms with E-state index in [2.05, 4.69) is 73.1 Å². The third kappa shape index (κ3) is 4.19. The highest BCUT2D eigenvalue weighted by atomic mass is 79.9. The zero-order chi connectivity index (χ0) is 13.0. The van der Waals surface area contributed by atoms with Gasteiger partial charge in [0.05, 0.1) is 5.69 Å². The summed E-state index contributed by atoms with van der Waals surface area (Å²) in [6.07, 6.45) is 1.84. The van der Waals surface area contributed by atoms with Gasteiger partial charge in [0.1, 0.15) is 0 Å². The highest BCUT2D eigenvalue weighted by Gasteiger charge is 2.03. The van der Waals surface area contributed by atoms with Crippen LogP contribution in [-0.4, -0.2) is 16.9 Å². The number of aromatic nitrogens is 1. The van der Waals surface area contributed by atoms with Crippen molar-refractivity contribution in [1.82, 2.24) is 9.88 Å². The number of rotatable bonds is 4. The van der Waals surface area contributed by atoms with Crippen LogP contribution in [0.3, 0.4) is 0 Å². The van der Waals surface area contributed by atoms with Crippen LogP contribution >= 0.6 is 31.9 Å². The Hall–Kier alpha value is -0.710. The van der Waals surface area contributed by atoms with E-state index in [1.165, 1.54) is 5.56 Å². The predicted molar refractivity (Wildman–Crippen MR) is 81.3 cm³/mol. The number of benzene rings is 1. The van der Waals surface area contributed by atoms with Crippen LogP contribution in [0, 0.1) is 0 Å². The van der Waals surface area contributed by atoms with Gasteiger partial charge >= 0.3 is 0 Å². The molecule has 0 aliphatic heterocycles. The number of hydrogen-bond donors (Lipinski definition) is 0. The average molecular weight is 370 g/mol. The van der Waals surface area contributed by atoms with Crippen LogP contribution in [0.1, 0.15) is 11.3 Å². The topological polar surface area (TPSA) is 16.1 Å². The van der Waals surface area contributed by atoms with Crippen molar-refractivity contribution in [1.29, 1.82) is 0 Å². The Bertz CT molecular complexity index is 447. The predicted octanol–water partition coefficient (Wildman–Crippen LogP) is 4.24. The minimum Gasteiger partial charge on any atom is -0.296 e. The van der Waals surface area contributed by atoms with E-state index in [4.69, 9.17) is 0 Å². The maximum atomic E-state index is 4.38. The second-order valence-corrected chi connectivity index (χ2v) is 6.10. The highest BCUT2D eigenvalue weighted by molar-refractivity contribution is 9.10. The molecule has 0 radical (unpaired) electrons. The van der Waals surface area contributed by atoms with Crippen molar-refractivity contribution in [2.75, 3.05) is 7.05 Å². The highest BCUT2D eigenvalue weighted by Crippen LogP contribution is 2.13. The van der Waals surface area contributed by atoms with Gasteiger partial charge in [-0.2, -0.15) is 0 Å². The average Bonchev–Trinajstić information content (AvgIpc) is 2.35. The molecule has 0 atom stereocenters. The standard InChI is InChI=1S/C14H14Br2N2/c1-18(9-11-2-4-12(15)5-3-11)10-14-7-6-13(16)8-17-14/h2-8H,9-10H2,1H3. The fourth-order valence-electron chi connectivity index (χ4n) is 1.73. The van der Waals surface area contributed by atoms with E-state index in [1.807, 2.05) is 18.3 Å². The molecule has 1 aromatic carbocycles. The second kappa shape index (κ2) is 6.45. The molecule has 4 heteroatoms. The fourth-order valence-corrected chi connectivity index (χ4v) is 2.23. The first-order valence-corrected chi connectivity index (χ1v) is 7.25. The molecular weight excluding hydrogens is 356 g/mol. The molecule has 0 spiro atoms. The summed E-state index contributed by atoms with van der Waals surface area (Å²) in [5.74, 6) is 0. The number of nitrogens with zero attached hydrogens (tertiary/aromatic N) is 2. The molecular formula is C14H14Br2N2. The molecule has 1 aromatic heterocycles. The van der Waals surface area contributed by atoms with Crippen LogP contribution in [0.25, 0.3) is 0 Å². The van der Waals surface area contributed by atoms with Crippen molar-refractivity contribution < 1.29 is 0 Å². The zero-order valence-electron chi connectivity index (χ0n) is 10.1. The fraction of sp³-hybridized carbons (Fsp3) is 0.214. The first-order chi connectivity index (χ1) is 8.63. The Morgan fingerprint density at radius 2 is 1.61 bits per heavy atom. The van der Waals surface area contributed by atoms with E-state index in [1.54, 1.807) is 0 Å². The minimum absolute atomic E-state index is 0.851. The maximum absolute atomic E-state index is 4.38. The minimum atomic E-state index is 0.851. The lowest BCUT2D eigenvalue weighted by Crippen LogP contribution is -2.17. The van der Waals surface area contributed by atoms with Crippen LogP contribution in [0.2, 0.25) is 0 Å².